The Morgan fingerprint density at radius 3 is 2.61 bits per heavy atom. The molecule has 0 radical (unpaired) electrons. The maximum absolute atomic E-state index is 12.8. The number of carbonyl (C=O) groups is 1. The lowest BCUT2D eigenvalue weighted by atomic mass is 10.1. The molecule has 2 aliphatic rings. The van der Waals surface area contributed by atoms with Crippen LogP contribution in [0.3, 0.4) is 0 Å². The molecule has 2 aliphatic heterocycles. The molecular formula is C16H26Cl2N4O. The van der Waals surface area contributed by atoms with Crippen molar-refractivity contribution < 1.29 is 4.79 Å². The molecular weight excluding hydrogens is 335 g/mol. The van der Waals surface area contributed by atoms with Crippen LogP contribution in [0.25, 0.3) is 0 Å². The Labute approximate surface area is 150 Å². The monoisotopic (exact) mass is 360 g/mol. The molecule has 1 aromatic heterocycles. The van der Waals surface area contributed by atoms with Crippen molar-refractivity contribution in [3.8, 4) is 0 Å². The summed E-state index contributed by atoms with van der Waals surface area (Å²) in [7, 11) is 0. The third-order valence-electron chi connectivity index (χ3n) is 4.58. The first kappa shape index (κ1) is 20.0. The van der Waals surface area contributed by atoms with Crippen molar-refractivity contribution in [3.63, 3.8) is 0 Å². The van der Waals surface area contributed by atoms with Gasteiger partial charge >= 0.3 is 0 Å². The normalized spacial score (nSPS) is 20.7. The molecule has 1 atom stereocenters. The summed E-state index contributed by atoms with van der Waals surface area (Å²) >= 11 is 0. The zero-order chi connectivity index (χ0) is 14.7. The summed E-state index contributed by atoms with van der Waals surface area (Å²) in [6, 6.07) is 3.77. The van der Waals surface area contributed by atoms with E-state index in [2.05, 4.69) is 9.88 Å². The second kappa shape index (κ2) is 9.30. The summed E-state index contributed by atoms with van der Waals surface area (Å²) < 4.78 is 0. The molecule has 0 aromatic carbocycles. The topological polar surface area (TPSA) is 62.5 Å². The fourth-order valence-electron chi connectivity index (χ4n) is 3.30. The lowest BCUT2D eigenvalue weighted by molar-refractivity contribution is 0.0788. The van der Waals surface area contributed by atoms with Crippen LogP contribution in [0.4, 0.5) is 5.82 Å². The molecule has 2 saturated heterocycles. The molecule has 2 N–H and O–H groups in total. The van der Waals surface area contributed by atoms with Gasteiger partial charge in [0.1, 0.15) is 5.82 Å². The fraction of sp³-hybridized carbons (Fsp3) is 0.625. The van der Waals surface area contributed by atoms with Gasteiger partial charge in [0.2, 0.25) is 0 Å². The van der Waals surface area contributed by atoms with Crippen LogP contribution in [-0.4, -0.2) is 48.5 Å². The molecule has 1 unspecified atom stereocenters. The van der Waals surface area contributed by atoms with Crippen molar-refractivity contribution in [2.75, 3.05) is 37.6 Å². The number of pyridine rings is 1. The van der Waals surface area contributed by atoms with E-state index in [1.165, 1.54) is 19.3 Å². The van der Waals surface area contributed by atoms with Crippen LogP contribution in [0.1, 0.15) is 36.0 Å². The van der Waals surface area contributed by atoms with Gasteiger partial charge in [-0.2, -0.15) is 0 Å². The van der Waals surface area contributed by atoms with Gasteiger partial charge in [-0.3, -0.25) is 4.79 Å². The van der Waals surface area contributed by atoms with Crippen molar-refractivity contribution in [3.05, 3.63) is 23.9 Å². The summed E-state index contributed by atoms with van der Waals surface area (Å²) in [6.45, 7) is 4.26. The van der Waals surface area contributed by atoms with Crippen LogP contribution in [0.5, 0.6) is 0 Å². The minimum atomic E-state index is 0. The van der Waals surface area contributed by atoms with Crippen LogP contribution in [0.2, 0.25) is 0 Å². The SMILES string of the molecule is Cl.Cl.NCC1CCN(C(=O)c2cccnc2N2CCCCC2)C1. The largest absolute Gasteiger partial charge is 0.356 e. The van der Waals surface area contributed by atoms with E-state index >= 15 is 0 Å². The first-order valence-corrected chi connectivity index (χ1v) is 7.99. The predicted octanol–water partition coefficient (Wildman–Crippen LogP) is 2.34. The summed E-state index contributed by atoms with van der Waals surface area (Å²) in [5, 5.41) is 0. The number of amides is 1. The quantitative estimate of drug-likeness (QED) is 0.898. The highest BCUT2D eigenvalue weighted by Gasteiger charge is 2.28. The molecule has 0 spiro atoms. The van der Waals surface area contributed by atoms with E-state index in [-0.39, 0.29) is 30.7 Å². The van der Waals surface area contributed by atoms with E-state index in [4.69, 9.17) is 5.73 Å². The molecule has 7 heteroatoms. The van der Waals surface area contributed by atoms with E-state index in [0.29, 0.717) is 12.5 Å². The second-order valence-corrected chi connectivity index (χ2v) is 6.06. The Balaban J connectivity index is 0.00000132. The fourth-order valence-corrected chi connectivity index (χ4v) is 3.30. The standard InChI is InChI=1S/C16H24N4O.2ClH/c17-11-13-6-10-20(12-13)16(21)14-5-4-7-18-15(14)19-8-2-1-3-9-19;;/h4-5,7,13H,1-3,6,8-12,17H2;2*1H. The van der Waals surface area contributed by atoms with Crippen molar-refractivity contribution in [1.82, 2.24) is 9.88 Å². The van der Waals surface area contributed by atoms with E-state index in [1.54, 1.807) is 6.20 Å². The number of nitrogens with two attached hydrogens (primary N) is 1. The second-order valence-electron chi connectivity index (χ2n) is 6.06. The van der Waals surface area contributed by atoms with E-state index in [1.807, 2.05) is 17.0 Å². The Kier molecular flexibility index (Phi) is 8.09. The van der Waals surface area contributed by atoms with E-state index in [0.717, 1.165) is 44.0 Å². The zero-order valence-corrected chi connectivity index (χ0v) is 15.0. The van der Waals surface area contributed by atoms with Crippen molar-refractivity contribution in [1.29, 1.82) is 0 Å². The predicted molar refractivity (Wildman–Crippen MR) is 97.9 cm³/mol. The van der Waals surface area contributed by atoms with Gasteiger partial charge in [0.25, 0.3) is 5.91 Å². The number of likely N-dealkylation sites (tertiary alicyclic amines) is 1. The Morgan fingerprint density at radius 2 is 1.96 bits per heavy atom. The number of hydrogen-bond acceptors (Lipinski definition) is 4. The minimum absolute atomic E-state index is 0. The van der Waals surface area contributed by atoms with Crippen LogP contribution in [0, 0.1) is 5.92 Å². The number of hydrogen-bond donors (Lipinski definition) is 1. The third kappa shape index (κ3) is 4.49. The van der Waals surface area contributed by atoms with Gasteiger partial charge in [-0.25, -0.2) is 4.98 Å². The van der Waals surface area contributed by atoms with E-state index < -0.39 is 0 Å². The molecule has 0 bridgehead atoms. The van der Waals surface area contributed by atoms with Crippen molar-refractivity contribution in [2.45, 2.75) is 25.7 Å². The van der Waals surface area contributed by atoms with Crippen LogP contribution in [-0.2, 0) is 0 Å². The zero-order valence-electron chi connectivity index (χ0n) is 13.3. The lowest BCUT2D eigenvalue weighted by Gasteiger charge is -2.29. The van der Waals surface area contributed by atoms with E-state index in [9.17, 15) is 4.79 Å². The minimum Gasteiger partial charge on any atom is -0.356 e. The number of aromatic nitrogens is 1. The third-order valence-corrected chi connectivity index (χ3v) is 4.58. The number of rotatable bonds is 3. The van der Waals surface area contributed by atoms with Crippen LogP contribution >= 0.6 is 24.8 Å². The van der Waals surface area contributed by atoms with Gasteiger partial charge < -0.3 is 15.5 Å². The smallest absolute Gasteiger partial charge is 0.257 e. The number of anilines is 1. The molecule has 3 rings (SSSR count). The molecule has 2 fully saturated rings. The van der Waals surface area contributed by atoms with Gasteiger partial charge in [-0.15, -0.1) is 24.8 Å². The number of piperidine rings is 1. The summed E-state index contributed by atoms with van der Waals surface area (Å²) in [4.78, 5) is 21.5. The van der Waals surface area contributed by atoms with Gasteiger partial charge in [0.15, 0.2) is 0 Å². The van der Waals surface area contributed by atoms with Crippen LogP contribution < -0.4 is 10.6 Å². The Hall–Kier alpha value is -1.04. The van der Waals surface area contributed by atoms with Gasteiger partial charge in [0.05, 0.1) is 5.56 Å². The first-order valence-electron chi connectivity index (χ1n) is 7.99. The molecule has 0 aliphatic carbocycles. The molecule has 23 heavy (non-hydrogen) atoms. The summed E-state index contributed by atoms with van der Waals surface area (Å²) in [5.74, 6) is 1.42. The molecule has 1 aromatic rings. The van der Waals surface area contributed by atoms with Crippen LogP contribution in [0.15, 0.2) is 18.3 Å². The first-order chi connectivity index (χ1) is 10.3. The molecule has 130 valence electrons. The molecule has 5 nitrogen and oxygen atoms in total. The van der Waals surface area contributed by atoms with Gasteiger partial charge in [0, 0.05) is 32.4 Å². The number of nitrogens with zero attached hydrogens (tertiary/aromatic N) is 3. The number of carbonyl (C=O) groups excluding carboxylic acids is 1. The average molecular weight is 361 g/mol. The molecule has 1 amide bonds. The summed E-state index contributed by atoms with van der Waals surface area (Å²) in [6.07, 6.45) is 6.44. The van der Waals surface area contributed by atoms with Gasteiger partial charge in [-0.05, 0) is 50.3 Å². The Bertz CT molecular complexity index is 509. The molecule has 0 saturated carbocycles. The summed E-state index contributed by atoms with van der Waals surface area (Å²) in [5.41, 5.74) is 6.47. The molecule has 3 heterocycles. The highest BCUT2D eigenvalue weighted by Crippen LogP contribution is 2.25. The van der Waals surface area contributed by atoms with Gasteiger partial charge in [-0.1, -0.05) is 0 Å². The Morgan fingerprint density at radius 1 is 1.22 bits per heavy atom. The highest BCUT2D eigenvalue weighted by atomic mass is 35.5. The number of halogens is 2. The average Bonchev–Trinajstić information content (AvgIpc) is 3.04. The van der Waals surface area contributed by atoms with Crippen molar-refractivity contribution in [2.24, 2.45) is 11.7 Å². The maximum atomic E-state index is 12.8. The lowest BCUT2D eigenvalue weighted by Crippen LogP contribution is -2.35. The van der Waals surface area contributed by atoms with Crippen molar-refractivity contribution >= 4 is 36.5 Å². The highest BCUT2D eigenvalue weighted by molar-refractivity contribution is 5.99. The maximum Gasteiger partial charge on any atom is 0.257 e.